The lowest BCUT2D eigenvalue weighted by molar-refractivity contribution is 0.0770. The molecule has 0 fully saturated rings. The van der Waals surface area contributed by atoms with Crippen LogP contribution < -0.4 is 0 Å². The van der Waals surface area contributed by atoms with Gasteiger partial charge in [0.05, 0.1) is 12.7 Å². The first kappa shape index (κ1) is 12.7. The first-order valence-corrected chi connectivity index (χ1v) is 5.39. The molecule has 16 heavy (non-hydrogen) atoms. The van der Waals surface area contributed by atoms with Crippen LogP contribution in [0.5, 0.6) is 0 Å². The van der Waals surface area contributed by atoms with Crippen molar-refractivity contribution >= 4 is 0 Å². The molecule has 0 radical (unpaired) electrons. The van der Waals surface area contributed by atoms with Gasteiger partial charge >= 0.3 is 0 Å². The van der Waals surface area contributed by atoms with E-state index >= 15 is 0 Å². The normalized spacial score (nSPS) is 12.1. The predicted octanol–water partition coefficient (Wildman–Crippen LogP) is 2.27. The zero-order valence-electron chi connectivity index (χ0n) is 9.73. The van der Waals surface area contributed by atoms with Crippen molar-refractivity contribution in [2.45, 2.75) is 26.4 Å². The van der Waals surface area contributed by atoms with Crippen molar-refractivity contribution in [2.24, 2.45) is 0 Å². The van der Waals surface area contributed by atoms with Crippen LogP contribution in [-0.4, -0.2) is 18.3 Å². The van der Waals surface area contributed by atoms with Crippen LogP contribution in [0.2, 0.25) is 0 Å². The molecule has 1 aromatic rings. The third-order valence-electron chi connectivity index (χ3n) is 2.63. The highest BCUT2D eigenvalue weighted by molar-refractivity contribution is 5.36. The van der Waals surface area contributed by atoms with Gasteiger partial charge < -0.3 is 9.84 Å². The van der Waals surface area contributed by atoms with Crippen LogP contribution in [0.3, 0.4) is 0 Å². The summed E-state index contributed by atoms with van der Waals surface area (Å²) in [6.45, 7) is 4.50. The van der Waals surface area contributed by atoms with Crippen LogP contribution in [0.15, 0.2) is 18.2 Å². The lowest BCUT2D eigenvalue weighted by atomic mass is 10.00. The van der Waals surface area contributed by atoms with Crippen LogP contribution in [0.4, 0.5) is 0 Å². The Balaban J connectivity index is 2.80. The molecule has 1 N–H and O–H groups in total. The second kappa shape index (κ2) is 6.26. The van der Waals surface area contributed by atoms with E-state index in [0.717, 1.165) is 16.7 Å². The van der Waals surface area contributed by atoms with Crippen LogP contribution in [-0.2, 0) is 4.74 Å². The van der Waals surface area contributed by atoms with Gasteiger partial charge in [0, 0.05) is 6.61 Å². The maximum atomic E-state index is 9.06. The van der Waals surface area contributed by atoms with Crippen LogP contribution in [0.25, 0.3) is 0 Å². The second-order valence-corrected chi connectivity index (χ2v) is 3.75. The van der Waals surface area contributed by atoms with Crippen LogP contribution in [0, 0.1) is 25.2 Å². The van der Waals surface area contributed by atoms with Crippen LogP contribution in [0.1, 0.15) is 29.2 Å². The molecule has 0 aliphatic carbocycles. The Bertz CT molecular complexity index is 382. The number of nitrogens with zero attached hydrogens (tertiary/aromatic N) is 1. The standard InChI is InChI=1S/C13H17NO2/c1-10-5-3-6-12(11(10)2)13(9-14)16-8-4-7-15/h3,5-6,13,15H,4,7-8H2,1-2H3. The maximum Gasteiger partial charge on any atom is 0.169 e. The van der Waals surface area contributed by atoms with E-state index in [1.54, 1.807) is 0 Å². The van der Waals surface area contributed by atoms with Gasteiger partial charge in [-0.1, -0.05) is 18.2 Å². The summed E-state index contributed by atoms with van der Waals surface area (Å²) in [4.78, 5) is 0. The van der Waals surface area contributed by atoms with E-state index in [-0.39, 0.29) is 6.61 Å². The van der Waals surface area contributed by atoms with Gasteiger partial charge in [0.1, 0.15) is 0 Å². The number of hydrogen-bond acceptors (Lipinski definition) is 3. The minimum absolute atomic E-state index is 0.0882. The number of hydrogen-bond donors (Lipinski definition) is 1. The third-order valence-corrected chi connectivity index (χ3v) is 2.63. The number of rotatable bonds is 5. The van der Waals surface area contributed by atoms with Gasteiger partial charge in [0.2, 0.25) is 0 Å². The smallest absolute Gasteiger partial charge is 0.169 e. The van der Waals surface area contributed by atoms with Crippen molar-refractivity contribution in [1.82, 2.24) is 0 Å². The van der Waals surface area contributed by atoms with Gasteiger partial charge in [-0.3, -0.25) is 0 Å². The Morgan fingerprint density at radius 3 is 2.81 bits per heavy atom. The van der Waals surface area contributed by atoms with Crippen molar-refractivity contribution < 1.29 is 9.84 Å². The topological polar surface area (TPSA) is 53.2 Å². The molecule has 0 spiro atoms. The number of aliphatic hydroxyl groups excluding tert-OH is 1. The summed E-state index contributed by atoms with van der Waals surface area (Å²) in [6, 6.07) is 8.00. The van der Waals surface area contributed by atoms with E-state index < -0.39 is 6.10 Å². The highest BCUT2D eigenvalue weighted by Gasteiger charge is 2.13. The van der Waals surface area contributed by atoms with Crippen molar-refractivity contribution in [3.63, 3.8) is 0 Å². The molecule has 0 saturated carbocycles. The van der Waals surface area contributed by atoms with Crippen molar-refractivity contribution in [2.75, 3.05) is 13.2 Å². The molecular weight excluding hydrogens is 202 g/mol. The number of nitriles is 1. The molecule has 3 nitrogen and oxygen atoms in total. The summed E-state index contributed by atoms with van der Waals surface area (Å²) >= 11 is 0. The second-order valence-electron chi connectivity index (χ2n) is 3.75. The molecule has 0 heterocycles. The zero-order chi connectivity index (χ0) is 12.0. The molecule has 86 valence electrons. The fourth-order valence-corrected chi connectivity index (χ4v) is 1.52. The van der Waals surface area contributed by atoms with Gasteiger partial charge in [-0.05, 0) is 37.0 Å². The lowest BCUT2D eigenvalue weighted by Crippen LogP contribution is -2.07. The lowest BCUT2D eigenvalue weighted by Gasteiger charge is -2.14. The Labute approximate surface area is 96.3 Å². The Morgan fingerprint density at radius 2 is 2.19 bits per heavy atom. The summed E-state index contributed by atoms with van der Waals surface area (Å²) in [6.07, 6.45) is 0.0229. The highest BCUT2D eigenvalue weighted by Crippen LogP contribution is 2.22. The molecule has 1 atom stereocenters. The quantitative estimate of drug-likeness (QED) is 0.773. The van der Waals surface area contributed by atoms with Gasteiger partial charge in [0.25, 0.3) is 0 Å². The number of benzene rings is 1. The summed E-state index contributed by atoms with van der Waals surface area (Å²) in [5, 5.41) is 17.7. The molecule has 1 aromatic carbocycles. The third kappa shape index (κ3) is 3.06. The Hall–Kier alpha value is -1.37. The molecule has 0 saturated heterocycles. The zero-order valence-corrected chi connectivity index (χ0v) is 9.73. The largest absolute Gasteiger partial charge is 0.396 e. The van der Waals surface area contributed by atoms with Crippen molar-refractivity contribution in [3.8, 4) is 6.07 Å². The SMILES string of the molecule is Cc1cccc(C(C#N)OCCCO)c1C. The van der Waals surface area contributed by atoms with Gasteiger partial charge in [-0.2, -0.15) is 5.26 Å². The molecule has 0 aliphatic heterocycles. The fourth-order valence-electron chi connectivity index (χ4n) is 1.52. The number of ether oxygens (including phenoxy) is 1. The Morgan fingerprint density at radius 1 is 1.44 bits per heavy atom. The molecule has 1 unspecified atom stereocenters. The minimum Gasteiger partial charge on any atom is -0.396 e. The van der Waals surface area contributed by atoms with E-state index in [2.05, 4.69) is 6.07 Å². The van der Waals surface area contributed by atoms with E-state index in [0.29, 0.717) is 13.0 Å². The molecule has 0 aromatic heterocycles. The van der Waals surface area contributed by atoms with E-state index in [1.165, 1.54) is 0 Å². The van der Waals surface area contributed by atoms with Gasteiger partial charge in [-0.25, -0.2) is 0 Å². The number of aliphatic hydroxyl groups is 1. The van der Waals surface area contributed by atoms with E-state index in [4.69, 9.17) is 15.1 Å². The minimum atomic E-state index is -0.536. The summed E-state index contributed by atoms with van der Waals surface area (Å²) < 4.78 is 5.43. The number of aryl methyl sites for hydroxylation is 1. The van der Waals surface area contributed by atoms with Crippen LogP contribution >= 0.6 is 0 Å². The first-order valence-electron chi connectivity index (χ1n) is 5.39. The van der Waals surface area contributed by atoms with E-state index in [9.17, 15) is 0 Å². The molecule has 1 rings (SSSR count). The van der Waals surface area contributed by atoms with Gasteiger partial charge in [0.15, 0.2) is 6.10 Å². The summed E-state index contributed by atoms with van der Waals surface area (Å²) in [5.74, 6) is 0. The average molecular weight is 219 g/mol. The average Bonchev–Trinajstić information content (AvgIpc) is 2.29. The van der Waals surface area contributed by atoms with E-state index in [1.807, 2.05) is 32.0 Å². The Kier molecular flexibility index (Phi) is 4.97. The molecule has 0 bridgehead atoms. The molecule has 3 heteroatoms. The van der Waals surface area contributed by atoms with Crippen molar-refractivity contribution in [3.05, 3.63) is 34.9 Å². The summed E-state index contributed by atoms with van der Waals surface area (Å²) in [5.41, 5.74) is 3.17. The monoisotopic (exact) mass is 219 g/mol. The van der Waals surface area contributed by atoms with Gasteiger partial charge in [-0.15, -0.1) is 0 Å². The molecular formula is C13H17NO2. The fraction of sp³-hybridized carbons (Fsp3) is 0.462. The molecule has 0 amide bonds. The maximum absolute atomic E-state index is 9.06. The summed E-state index contributed by atoms with van der Waals surface area (Å²) in [7, 11) is 0. The molecule has 0 aliphatic rings. The predicted molar refractivity (Wildman–Crippen MR) is 61.9 cm³/mol. The van der Waals surface area contributed by atoms with Crippen molar-refractivity contribution in [1.29, 1.82) is 5.26 Å². The highest BCUT2D eigenvalue weighted by atomic mass is 16.5. The first-order chi connectivity index (χ1) is 7.70.